The highest BCUT2D eigenvalue weighted by atomic mass is 16.2. The van der Waals surface area contributed by atoms with Crippen molar-refractivity contribution in [3.63, 3.8) is 0 Å². The van der Waals surface area contributed by atoms with Gasteiger partial charge in [-0.3, -0.25) is 9.69 Å². The van der Waals surface area contributed by atoms with Crippen LogP contribution in [0, 0.1) is 11.8 Å². The van der Waals surface area contributed by atoms with Crippen LogP contribution >= 0.6 is 0 Å². The Labute approximate surface area is 116 Å². The molecule has 4 nitrogen and oxygen atoms in total. The molecule has 108 valence electrons. The van der Waals surface area contributed by atoms with Crippen molar-refractivity contribution in [2.45, 2.75) is 45.2 Å². The van der Waals surface area contributed by atoms with E-state index in [-0.39, 0.29) is 5.92 Å². The minimum atomic E-state index is 0.193. The smallest absolute Gasteiger partial charge is 0.226 e. The third-order valence-electron chi connectivity index (χ3n) is 5.38. The zero-order valence-electron chi connectivity index (χ0n) is 12.3. The Balaban J connectivity index is 1.64. The summed E-state index contributed by atoms with van der Waals surface area (Å²) in [6.45, 7) is 9.65. The average molecular weight is 265 g/mol. The molecule has 0 aromatic rings. The highest BCUT2D eigenvalue weighted by molar-refractivity contribution is 5.79. The molecule has 3 saturated heterocycles. The standard InChI is InChI=1S/C15H27N3O/c1-11-9-17-6-4-3-5-14(17)10-18(11)15(19)12(2)13-7-16-8-13/h11-14,16H,3-10H2,1-2H3. The predicted octanol–water partition coefficient (Wildman–Crippen LogP) is 0.927. The molecular formula is C15H27N3O. The Kier molecular flexibility index (Phi) is 3.81. The van der Waals surface area contributed by atoms with Gasteiger partial charge in [0.05, 0.1) is 0 Å². The number of piperazine rings is 1. The quantitative estimate of drug-likeness (QED) is 0.807. The van der Waals surface area contributed by atoms with Crippen molar-refractivity contribution in [1.82, 2.24) is 15.1 Å². The van der Waals surface area contributed by atoms with Crippen molar-refractivity contribution in [3.8, 4) is 0 Å². The lowest BCUT2D eigenvalue weighted by molar-refractivity contribution is -0.144. The molecular weight excluding hydrogens is 238 g/mol. The minimum Gasteiger partial charge on any atom is -0.337 e. The molecule has 1 N–H and O–H groups in total. The second-order valence-corrected chi connectivity index (χ2v) is 6.69. The van der Waals surface area contributed by atoms with E-state index in [1.165, 1.54) is 25.8 Å². The highest BCUT2D eigenvalue weighted by Gasteiger charge is 2.39. The molecule has 0 spiro atoms. The number of nitrogens with one attached hydrogen (secondary N) is 1. The summed E-state index contributed by atoms with van der Waals surface area (Å²) in [6.07, 6.45) is 3.94. The highest BCUT2D eigenvalue weighted by Crippen LogP contribution is 2.27. The second-order valence-electron chi connectivity index (χ2n) is 6.69. The normalized spacial score (nSPS) is 34.5. The Bertz CT molecular complexity index is 342. The number of hydrogen-bond donors (Lipinski definition) is 1. The van der Waals surface area contributed by atoms with Gasteiger partial charge in [-0.2, -0.15) is 0 Å². The fourth-order valence-corrected chi connectivity index (χ4v) is 3.79. The molecule has 3 aliphatic heterocycles. The zero-order chi connectivity index (χ0) is 13.4. The molecule has 0 radical (unpaired) electrons. The van der Waals surface area contributed by atoms with Crippen molar-refractivity contribution >= 4 is 5.91 Å². The van der Waals surface area contributed by atoms with Crippen molar-refractivity contribution in [2.75, 3.05) is 32.7 Å². The van der Waals surface area contributed by atoms with Gasteiger partial charge in [-0.25, -0.2) is 0 Å². The van der Waals surface area contributed by atoms with Crippen molar-refractivity contribution in [1.29, 1.82) is 0 Å². The summed E-state index contributed by atoms with van der Waals surface area (Å²) >= 11 is 0. The van der Waals surface area contributed by atoms with Gasteiger partial charge in [-0.1, -0.05) is 13.3 Å². The van der Waals surface area contributed by atoms with E-state index >= 15 is 0 Å². The van der Waals surface area contributed by atoms with Gasteiger partial charge < -0.3 is 10.2 Å². The Morgan fingerprint density at radius 3 is 2.74 bits per heavy atom. The number of carbonyl (C=O) groups is 1. The lowest BCUT2D eigenvalue weighted by Gasteiger charge is -2.48. The topological polar surface area (TPSA) is 35.6 Å². The lowest BCUT2D eigenvalue weighted by atomic mass is 9.86. The minimum absolute atomic E-state index is 0.193. The number of hydrogen-bond acceptors (Lipinski definition) is 3. The van der Waals surface area contributed by atoms with Gasteiger partial charge in [0.2, 0.25) is 5.91 Å². The molecule has 0 bridgehead atoms. The molecule has 0 aromatic heterocycles. The van der Waals surface area contributed by atoms with E-state index < -0.39 is 0 Å². The summed E-state index contributed by atoms with van der Waals surface area (Å²) in [6, 6.07) is 1.01. The molecule has 0 saturated carbocycles. The molecule has 3 fully saturated rings. The molecule has 0 aliphatic carbocycles. The first kappa shape index (κ1) is 13.4. The molecule has 3 rings (SSSR count). The Hall–Kier alpha value is -0.610. The van der Waals surface area contributed by atoms with Gasteiger partial charge in [0.1, 0.15) is 0 Å². The van der Waals surface area contributed by atoms with Gasteiger partial charge in [-0.15, -0.1) is 0 Å². The van der Waals surface area contributed by atoms with Gasteiger partial charge in [0.25, 0.3) is 0 Å². The number of piperidine rings is 1. The predicted molar refractivity (Wildman–Crippen MR) is 75.9 cm³/mol. The number of fused-ring (bicyclic) bond motifs is 1. The number of rotatable bonds is 2. The largest absolute Gasteiger partial charge is 0.337 e. The van der Waals surface area contributed by atoms with E-state index in [4.69, 9.17) is 0 Å². The fourth-order valence-electron chi connectivity index (χ4n) is 3.79. The molecule has 3 unspecified atom stereocenters. The van der Waals surface area contributed by atoms with Crippen molar-refractivity contribution < 1.29 is 4.79 Å². The van der Waals surface area contributed by atoms with Crippen LogP contribution in [0.5, 0.6) is 0 Å². The molecule has 4 heteroatoms. The summed E-state index contributed by atoms with van der Waals surface area (Å²) in [7, 11) is 0. The maximum absolute atomic E-state index is 12.7. The SMILES string of the molecule is CC(C(=O)N1CC2CCCCN2CC1C)C1CNC1. The number of nitrogens with zero attached hydrogens (tertiary/aromatic N) is 2. The summed E-state index contributed by atoms with van der Waals surface area (Å²) in [5.74, 6) is 1.15. The monoisotopic (exact) mass is 265 g/mol. The molecule has 0 aromatic carbocycles. The van der Waals surface area contributed by atoms with Gasteiger partial charge in [0.15, 0.2) is 0 Å². The van der Waals surface area contributed by atoms with Crippen LogP contribution in [-0.2, 0) is 4.79 Å². The first-order valence-electron chi connectivity index (χ1n) is 7.92. The van der Waals surface area contributed by atoms with Crippen LogP contribution in [0.4, 0.5) is 0 Å². The first-order chi connectivity index (χ1) is 9.16. The average Bonchev–Trinajstić information content (AvgIpc) is 2.35. The van der Waals surface area contributed by atoms with Gasteiger partial charge in [0, 0.05) is 31.1 Å². The molecule has 3 heterocycles. The van der Waals surface area contributed by atoms with Gasteiger partial charge in [-0.05, 0) is 45.3 Å². The van der Waals surface area contributed by atoms with Crippen LogP contribution in [0.25, 0.3) is 0 Å². The first-order valence-corrected chi connectivity index (χ1v) is 7.92. The number of amides is 1. The van der Waals surface area contributed by atoms with Crippen LogP contribution in [0.2, 0.25) is 0 Å². The lowest BCUT2D eigenvalue weighted by Crippen LogP contribution is -2.62. The molecule has 3 atom stereocenters. The van der Waals surface area contributed by atoms with Crippen LogP contribution in [0.15, 0.2) is 0 Å². The Morgan fingerprint density at radius 2 is 2.05 bits per heavy atom. The molecule has 3 aliphatic rings. The van der Waals surface area contributed by atoms with E-state index in [2.05, 4.69) is 29.0 Å². The van der Waals surface area contributed by atoms with Crippen LogP contribution in [-0.4, -0.2) is 60.5 Å². The molecule has 1 amide bonds. The van der Waals surface area contributed by atoms with E-state index in [1.807, 2.05) is 0 Å². The fraction of sp³-hybridized carbons (Fsp3) is 0.933. The van der Waals surface area contributed by atoms with Crippen LogP contribution < -0.4 is 5.32 Å². The zero-order valence-corrected chi connectivity index (χ0v) is 12.3. The second kappa shape index (κ2) is 5.41. The summed E-state index contributed by atoms with van der Waals surface area (Å²) in [5.41, 5.74) is 0. The Morgan fingerprint density at radius 1 is 1.26 bits per heavy atom. The summed E-state index contributed by atoms with van der Waals surface area (Å²) < 4.78 is 0. The maximum Gasteiger partial charge on any atom is 0.226 e. The van der Waals surface area contributed by atoms with Gasteiger partial charge >= 0.3 is 0 Å². The summed E-state index contributed by atoms with van der Waals surface area (Å²) in [5, 5.41) is 3.28. The van der Waals surface area contributed by atoms with E-state index in [0.717, 1.165) is 26.2 Å². The van der Waals surface area contributed by atoms with E-state index in [9.17, 15) is 4.79 Å². The third-order valence-corrected chi connectivity index (χ3v) is 5.38. The van der Waals surface area contributed by atoms with Crippen LogP contribution in [0.3, 0.4) is 0 Å². The van der Waals surface area contributed by atoms with E-state index in [0.29, 0.717) is 23.9 Å². The van der Waals surface area contributed by atoms with Crippen molar-refractivity contribution in [2.24, 2.45) is 11.8 Å². The molecule has 19 heavy (non-hydrogen) atoms. The van der Waals surface area contributed by atoms with Crippen molar-refractivity contribution in [3.05, 3.63) is 0 Å². The van der Waals surface area contributed by atoms with Crippen LogP contribution in [0.1, 0.15) is 33.1 Å². The maximum atomic E-state index is 12.7. The third kappa shape index (κ3) is 2.52. The van der Waals surface area contributed by atoms with E-state index in [1.54, 1.807) is 0 Å². The number of carbonyl (C=O) groups excluding carboxylic acids is 1. The summed E-state index contributed by atoms with van der Waals surface area (Å²) in [4.78, 5) is 17.5.